The average molecular weight is 372 g/mol. The van der Waals surface area contributed by atoms with E-state index < -0.39 is 18.5 Å². The van der Waals surface area contributed by atoms with Crippen molar-refractivity contribution in [1.29, 1.82) is 0 Å². The van der Waals surface area contributed by atoms with E-state index in [-0.39, 0.29) is 11.5 Å². The SMILES string of the molecule is COc1ccc(OC)c(C(=O)OCC(=O)Nc2ccc(NC(C)=O)cc2)c1. The Labute approximate surface area is 156 Å². The minimum atomic E-state index is -0.707. The van der Waals surface area contributed by atoms with Crippen LogP contribution in [0.4, 0.5) is 11.4 Å². The third-order valence-electron chi connectivity index (χ3n) is 3.45. The van der Waals surface area contributed by atoms with Gasteiger partial charge in [-0.2, -0.15) is 0 Å². The summed E-state index contributed by atoms with van der Waals surface area (Å²) in [6.45, 7) is 0.938. The quantitative estimate of drug-likeness (QED) is 0.724. The summed E-state index contributed by atoms with van der Waals surface area (Å²) >= 11 is 0. The molecule has 27 heavy (non-hydrogen) atoms. The predicted octanol–water partition coefficient (Wildman–Crippen LogP) is 2.46. The summed E-state index contributed by atoms with van der Waals surface area (Å²) in [6.07, 6.45) is 0. The molecular weight excluding hydrogens is 352 g/mol. The molecule has 142 valence electrons. The van der Waals surface area contributed by atoms with E-state index >= 15 is 0 Å². The van der Waals surface area contributed by atoms with Gasteiger partial charge in [0.1, 0.15) is 17.1 Å². The van der Waals surface area contributed by atoms with Crippen molar-refractivity contribution in [3.05, 3.63) is 48.0 Å². The summed E-state index contributed by atoms with van der Waals surface area (Å²) in [6, 6.07) is 11.2. The maximum absolute atomic E-state index is 12.2. The maximum atomic E-state index is 12.2. The van der Waals surface area contributed by atoms with Crippen LogP contribution in [-0.4, -0.2) is 38.6 Å². The van der Waals surface area contributed by atoms with E-state index in [1.807, 2.05) is 0 Å². The number of nitrogens with one attached hydrogen (secondary N) is 2. The van der Waals surface area contributed by atoms with Gasteiger partial charge in [-0.1, -0.05) is 0 Å². The van der Waals surface area contributed by atoms with Crippen molar-refractivity contribution in [2.45, 2.75) is 6.92 Å². The molecule has 2 N–H and O–H groups in total. The lowest BCUT2D eigenvalue weighted by Gasteiger charge is -2.11. The molecule has 0 aromatic heterocycles. The van der Waals surface area contributed by atoms with E-state index in [0.717, 1.165) is 0 Å². The van der Waals surface area contributed by atoms with Gasteiger partial charge in [0.15, 0.2) is 6.61 Å². The van der Waals surface area contributed by atoms with E-state index in [1.54, 1.807) is 36.4 Å². The van der Waals surface area contributed by atoms with Crippen LogP contribution < -0.4 is 20.1 Å². The van der Waals surface area contributed by atoms with Crippen molar-refractivity contribution < 1.29 is 28.6 Å². The Balaban J connectivity index is 1.93. The van der Waals surface area contributed by atoms with Crippen LogP contribution >= 0.6 is 0 Å². The zero-order valence-electron chi connectivity index (χ0n) is 15.2. The molecular formula is C19H20N2O6. The van der Waals surface area contributed by atoms with E-state index in [2.05, 4.69) is 10.6 Å². The fourth-order valence-corrected chi connectivity index (χ4v) is 2.22. The van der Waals surface area contributed by atoms with Gasteiger partial charge in [0.25, 0.3) is 5.91 Å². The molecule has 8 heteroatoms. The Morgan fingerprint density at radius 3 is 2.07 bits per heavy atom. The van der Waals surface area contributed by atoms with Crippen molar-refractivity contribution in [2.24, 2.45) is 0 Å². The summed E-state index contributed by atoms with van der Waals surface area (Å²) in [5.41, 5.74) is 1.27. The van der Waals surface area contributed by atoms with Crippen LogP contribution in [-0.2, 0) is 14.3 Å². The summed E-state index contributed by atoms with van der Waals surface area (Å²) in [4.78, 5) is 35.2. The highest BCUT2D eigenvalue weighted by Crippen LogP contribution is 2.24. The second-order valence-corrected chi connectivity index (χ2v) is 5.45. The fraction of sp³-hybridized carbons (Fsp3) is 0.211. The Morgan fingerprint density at radius 1 is 0.889 bits per heavy atom. The second-order valence-electron chi connectivity index (χ2n) is 5.45. The van der Waals surface area contributed by atoms with Gasteiger partial charge in [-0.05, 0) is 42.5 Å². The number of ether oxygens (including phenoxy) is 3. The molecule has 2 aromatic rings. The van der Waals surface area contributed by atoms with Crippen LogP contribution in [0.3, 0.4) is 0 Å². The second kappa shape index (κ2) is 9.23. The normalized spacial score (nSPS) is 9.89. The number of rotatable bonds is 7. The van der Waals surface area contributed by atoms with Crippen LogP contribution in [0.1, 0.15) is 17.3 Å². The molecule has 0 spiro atoms. The Kier molecular flexibility index (Phi) is 6.76. The average Bonchev–Trinajstić information content (AvgIpc) is 2.66. The lowest BCUT2D eigenvalue weighted by Crippen LogP contribution is -2.21. The molecule has 0 atom stereocenters. The third-order valence-corrected chi connectivity index (χ3v) is 3.45. The monoisotopic (exact) mass is 372 g/mol. The number of anilines is 2. The number of methoxy groups -OCH3 is 2. The first kappa shape index (κ1) is 19.8. The van der Waals surface area contributed by atoms with Crippen LogP contribution in [0, 0.1) is 0 Å². The van der Waals surface area contributed by atoms with Crippen LogP contribution in [0.5, 0.6) is 11.5 Å². The molecule has 0 saturated heterocycles. The molecule has 8 nitrogen and oxygen atoms in total. The van der Waals surface area contributed by atoms with Gasteiger partial charge in [-0.15, -0.1) is 0 Å². The highest BCUT2D eigenvalue weighted by molar-refractivity contribution is 5.97. The Bertz CT molecular complexity index is 833. The molecule has 0 heterocycles. The summed E-state index contributed by atoms with van der Waals surface area (Å²) in [5.74, 6) is -0.618. The zero-order valence-corrected chi connectivity index (χ0v) is 15.2. The molecule has 2 aromatic carbocycles. The standard InChI is InChI=1S/C19H20N2O6/c1-12(22)20-13-4-6-14(7-5-13)21-18(23)11-27-19(24)16-10-15(25-2)8-9-17(16)26-3/h4-10H,11H2,1-3H3,(H,20,22)(H,21,23). The predicted molar refractivity (Wildman–Crippen MR) is 99.2 cm³/mol. The number of hydrogen-bond acceptors (Lipinski definition) is 6. The van der Waals surface area contributed by atoms with Crippen molar-refractivity contribution in [3.63, 3.8) is 0 Å². The third kappa shape index (κ3) is 5.74. The lowest BCUT2D eigenvalue weighted by molar-refractivity contribution is -0.119. The molecule has 2 amide bonds. The number of benzene rings is 2. The number of hydrogen-bond donors (Lipinski definition) is 2. The molecule has 0 saturated carbocycles. The first-order valence-corrected chi connectivity index (χ1v) is 7.99. The highest BCUT2D eigenvalue weighted by atomic mass is 16.5. The van der Waals surface area contributed by atoms with E-state index in [4.69, 9.17) is 14.2 Å². The fourth-order valence-electron chi connectivity index (χ4n) is 2.22. The van der Waals surface area contributed by atoms with Gasteiger partial charge < -0.3 is 24.8 Å². The summed E-state index contributed by atoms with van der Waals surface area (Å²) in [5, 5.41) is 5.22. The number of carbonyl (C=O) groups is 3. The summed E-state index contributed by atoms with van der Waals surface area (Å²) < 4.78 is 15.2. The molecule has 0 bridgehead atoms. The number of carbonyl (C=O) groups excluding carboxylic acids is 3. The van der Waals surface area contributed by atoms with Gasteiger partial charge in [0, 0.05) is 18.3 Å². The van der Waals surface area contributed by atoms with Crippen molar-refractivity contribution in [3.8, 4) is 11.5 Å². The van der Waals surface area contributed by atoms with Crippen molar-refractivity contribution in [1.82, 2.24) is 0 Å². The zero-order chi connectivity index (χ0) is 19.8. The number of esters is 1. The summed E-state index contributed by atoms with van der Waals surface area (Å²) in [7, 11) is 2.90. The first-order chi connectivity index (χ1) is 12.9. The van der Waals surface area contributed by atoms with E-state index in [0.29, 0.717) is 22.9 Å². The van der Waals surface area contributed by atoms with Crippen LogP contribution in [0.25, 0.3) is 0 Å². The first-order valence-electron chi connectivity index (χ1n) is 7.99. The van der Waals surface area contributed by atoms with Crippen molar-refractivity contribution >= 4 is 29.2 Å². The van der Waals surface area contributed by atoms with E-state index in [9.17, 15) is 14.4 Å². The molecule has 0 radical (unpaired) electrons. The Hall–Kier alpha value is -3.55. The van der Waals surface area contributed by atoms with Crippen molar-refractivity contribution in [2.75, 3.05) is 31.5 Å². The van der Waals surface area contributed by atoms with Gasteiger partial charge in [0.2, 0.25) is 5.91 Å². The smallest absolute Gasteiger partial charge is 0.342 e. The lowest BCUT2D eigenvalue weighted by atomic mass is 10.2. The minimum Gasteiger partial charge on any atom is -0.497 e. The maximum Gasteiger partial charge on any atom is 0.342 e. The largest absolute Gasteiger partial charge is 0.497 e. The molecule has 0 aliphatic carbocycles. The highest BCUT2D eigenvalue weighted by Gasteiger charge is 2.16. The molecule has 0 fully saturated rings. The number of amides is 2. The van der Waals surface area contributed by atoms with Crippen LogP contribution in [0.2, 0.25) is 0 Å². The van der Waals surface area contributed by atoms with Gasteiger partial charge in [0.05, 0.1) is 14.2 Å². The van der Waals surface area contributed by atoms with E-state index in [1.165, 1.54) is 27.2 Å². The van der Waals surface area contributed by atoms with Gasteiger partial charge in [-0.25, -0.2) is 4.79 Å². The molecule has 2 rings (SSSR count). The topological polar surface area (TPSA) is 103 Å². The van der Waals surface area contributed by atoms with Crippen LogP contribution in [0.15, 0.2) is 42.5 Å². The van der Waals surface area contributed by atoms with Gasteiger partial charge >= 0.3 is 5.97 Å². The molecule has 0 unspecified atom stereocenters. The molecule has 0 aliphatic heterocycles. The van der Waals surface area contributed by atoms with Gasteiger partial charge in [-0.3, -0.25) is 9.59 Å². The molecule has 0 aliphatic rings. The Morgan fingerprint density at radius 2 is 1.52 bits per heavy atom. The minimum absolute atomic E-state index is 0.157.